The van der Waals surface area contributed by atoms with Crippen molar-refractivity contribution in [1.82, 2.24) is 4.90 Å². The lowest BCUT2D eigenvalue weighted by molar-refractivity contribution is -0.110. The van der Waals surface area contributed by atoms with E-state index in [-0.39, 0.29) is 5.91 Å². The number of hydrogen-bond acceptors (Lipinski definition) is 7. The standard InChI is InChI=1S/C26H25N3O4S/c1-32-26(31)18-5-6-22-21(14-18)23(25(30)28-22)24(19-7-12-34-16-19)27-20-4-2-3-17(13-20)15-29-8-10-33-11-9-29/h2-7,12-14,16,27H,8-11,15H2,1H3,(H,28,30)/b24-23-. The molecule has 2 N–H and O–H groups in total. The third kappa shape index (κ3) is 4.61. The summed E-state index contributed by atoms with van der Waals surface area (Å²) >= 11 is 1.56. The van der Waals surface area contributed by atoms with Gasteiger partial charge in [0.2, 0.25) is 0 Å². The van der Waals surface area contributed by atoms with E-state index in [1.54, 1.807) is 29.5 Å². The van der Waals surface area contributed by atoms with Crippen LogP contribution >= 0.6 is 11.3 Å². The lowest BCUT2D eigenvalue weighted by atomic mass is 9.99. The summed E-state index contributed by atoms with van der Waals surface area (Å²) in [5.41, 5.74) is 5.92. The quantitative estimate of drug-likeness (QED) is 0.409. The Balaban J connectivity index is 1.53. The first-order valence-electron chi connectivity index (χ1n) is 11.1. The second-order valence-electron chi connectivity index (χ2n) is 8.18. The van der Waals surface area contributed by atoms with Crippen LogP contribution in [0.1, 0.15) is 27.0 Å². The highest BCUT2D eigenvalue weighted by Gasteiger charge is 2.29. The predicted molar refractivity (Wildman–Crippen MR) is 134 cm³/mol. The summed E-state index contributed by atoms with van der Waals surface area (Å²) in [5.74, 6) is -0.655. The fourth-order valence-electron chi connectivity index (χ4n) is 4.26. The van der Waals surface area contributed by atoms with Crippen LogP contribution in [0.2, 0.25) is 0 Å². The van der Waals surface area contributed by atoms with Gasteiger partial charge in [0.1, 0.15) is 0 Å². The van der Waals surface area contributed by atoms with Gasteiger partial charge in [-0.2, -0.15) is 11.3 Å². The Morgan fingerprint density at radius 3 is 2.76 bits per heavy atom. The van der Waals surface area contributed by atoms with E-state index in [0.717, 1.165) is 44.1 Å². The highest BCUT2D eigenvalue weighted by Crippen LogP contribution is 2.38. The molecular weight excluding hydrogens is 450 g/mol. The average molecular weight is 476 g/mol. The molecule has 3 aromatic rings. The van der Waals surface area contributed by atoms with E-state index in [0.29, 0.717) is 28.1 Å². The van der Waals surface area contributed by atoms with Crippen LogP contribution in [0.15, 0.2) is 59.3 Å². The Morgan fingerprint density at radius 1 is 1.15 bits per heavy atom. The van der Waals surface area contributed by atoms with Gasteiger partial charge in [-0.1, -0.05) is 12.1 Å². The Hall–Kier alpha value is -3.46. The van der Waals surface area contributed by atoms with E-state index in [1.807, 2.05) is 29.0 Å². The number of esters is 1. The number of thiophene rings is 1. The zero-order valence-electron chi connectivity index (χ0n) is 18.8. The minimum atomic E-state index is -0.442. The molecule has 2 aliphatic rings. The first-order valence-corrected chi connectivity index (χ1v) is 12.0. The molecule has 5 rings (SSSR count). The molecule has 0 atom stereocenters. The normalized spacial score (nSPS) is 17.1. The minimum Gasteiger partial charge on any atom is -0.465 e. The van der Waals surface area contributed by atoms with Crippen molar-refractivity contribution < 1.29 is 19.1 Å². The summed E-state index contributed by atoms with van der Waals surface area (Å²) < 4.78 is 10.3. The van der Waals surface area contributed by atoms with Crippen LogP contribution in [0.3, 0.4) is 0 Å². The number of methoxy groups -OCH3 is 1. The number of morpholine rings is 1. The van der Waals surface area contributed by atoms with E-state index in [1.165, 1.54) is 12.7 Å². The van der Waals surface area contributed by atoms with Crippen molar-refractivity contribution in [2.24, 2.45) is 0 Å². The van der Waals surface area contributed by atoms with Crippen LogP contribution in [0.25, 0.3) is 11.3 Å². The molecule has 3 heterocycles. The van der Waals surface area contributed by atoms with Crippen molar-refractivity contribution in [2.75, 3.05) is 44.0 Å². The Kier molecular flexibility index (Phi) is 6.44. The van der Waals surface area contributed by atoms with Gasteiger partial charge in [0.25, 0.3) is 5.91 Å². The van der Waals surface area contributed by atoms with Crippen LogP contribution in [0.5, 0.6) is 0 Å². The van der Waals surface area contributed by atoms with Gasteiger partial charge in [0.05, 0.1) is 37.2 Å². The number of hydrogen-bond donors (Lipinski definition) is 2. The molecule has 174 valence electrons. The van der Waals surface area contributed by atoms with Gasteiger partial charge in [-0.25, -0.2) is 4.79 Å². The average Bonchev–Trinajstić information content (AvgIpc) is 3.50. The molecule has 7 nitrogen and oxygen atoms in total. The van der Waals surface area contributed by atoms with Crippen LogP contribution in [-0.2, 0) is 20.8 Å². The van der Waals surface area contributed by atoms with Gasteiger partial charge >= 0.3 is 5.97 Å². The van der Waals surface area contributed by atoms with Crippen LogP contribution in [-0.4, -0.2) is 50.2 Å². The van der Waals surface area contributed by atoms with Crippen molar-refractivity contribution in [3.8, 4) is 0 Å². The zero-order chi connectivity index (χ0) is 23.5. The van der Waals surface area contributed by atoms with E-state index in [9.17, 15) is 9.59 Å². The smallest absolute Gasteiger partial charge is 0.337 e. The Morgan fingerprint density at radius 2 is 2.00 bits per heavy atom. The third-order valence-corrected chi connectivity index (χ3v) is 6.63. The van der Waals surface area contributed by atoms with Crippen molar-refractivity contribution in [2.45, 2.75) is 6.54 Å². The molecule has 0 bridgehead atoms. The Bertz CT molecular complexity index is 1250. The van der Waals surface area contributed by atoms with Crippen molar-refractivity contribution in [1.29, 1.82) is 0 Å². The van der Waals surface area contributed by atoms with E-state index in [4.69, 9.17) is 9.47 Å². The van der Waals surface area contributed by atoms with Gasteiger partial charge in [0.15, 0.2) is 0 Å². The van der Waals surface area contributed by atoms with Gasteiger partial charge in [-0.15, -0.1) is 0 Å². The SMILES string of the molecule is COC(=O)c1ccc2c(c1)/C(=C(/Nc1cccc(CN3CCOCC3)c1)c1ccsc1)C(=O)N2. The summed E-state index contributed by atoms with van der Waals surface area (Å²) in [6.45, 7) is 4.20. The van der Waals surface area contributed by atoms with Gasteiger partial charge in [-0.05, 0) is 47.3 Å². The van der Waals surface area contributed by atoms with Gasteiger partial charge < -0.3 is 20.1 Å². The summed E-state index contributed by atoms with van der Waals surface area (Å²) in [6.07, 6.45) is 0. The molecule has 0 aliphatic carbocycles. The van der Waals surface area contributed by atoms with Crippen LogP contribution in [0.4, 0.5) is 11.4 Å². The van der Waals surface area contributed by atoms with Gasteiger partial charge in [-0.3, -0.25) is 9.69 Å². The lowest BCUT2D eigenvalue weighted by Gasteiger charge is -2.26. The highest BCUT2D eigenvalue weighted by molar-refractivity contribution is 7.08. The Labute approximate surface area is 202 Å². The fraction of sp³-hybridized carbons (Fsp3) is 0.231. The molecule has 2 aliphatic heterocycles. The monoisotopic (exact) mass is 475 g/mol. The first kappa shape index (κ1) is 22.3. The summed E-state index contributed by atoms with van der Waals surface area (Å²) in [6, 6.07) is 15.3. The lowest BCUT2D eigenvalue weighted by Crippen LogP contribution is -2.35. The molecule has 0 radical (unpaired) electrons. The number of nitrogens with one attached hydrogen (secondary N) is 2. The molecule has 1 amide bonds. The first-order chi connectivity index (χ1) is 16.6. The topological polar surface area (TPSA) is 79.9 Å². The maximum Gasteiger partial charge on any atom is 0.337 e. The maximum absolute atomic E-state index is 13.1. The largest absolute Gasteiger partial charge is 0.465 e. The van der Waals surface area contributed by atoms with Crippen molar-refractivity contribution >= 4 is 45.9 Å². The van der Waals surface area contributed by atoms with Crippen molar-refractivity contribution in [3.05, 3.63) is 81.5 Å². The number of nitrogens with zero attached hydrogens (tertiary/aromatic N) is 1. The molecule has 0 unspecified atom stereocenters. The molecular formula is C26H25N3O4S. The number of carbonyl (C=O) groups excluding carboxylic acids is 2. The molecule has 1 aromatic heterocycles. The number of benzene rings is 2. The fourth-order valence-corrected chi connectivity index (χ4v) is 4.90. The predicted octanol–water partition coefficient (Wildman–Crippen LogP) is 4.30. The van der Waals surface area contributed by atoms with Crippen LogP contribution < -0.4 is 10.6 Å². The minimum absolute atomic E-state index is 0.213. The molecule has 1 fully saturated rings. The van der Waals surface area contributed by atoms with Crippen molar-refractivity contribution in [3.63, 3.8) is 0 Å². The van der Waals surface area contributed by atoms with E-state index >= 15 is 0 Å². The highest BCUT2D eigenvalue weighted by atomic mass is 32.1. The molecule has 0 spiro atoms. The second kappa shape index (κ2) is 9.80. The van der Waals surface area contributed by atoms with Gasteiger partial charge in [0, 0.05) is 47.5 Å². The molecule has 0 saturated carbocycles. The number of amides is 1. The third-order valence-electron chi connectivity index (χ3n) is 5.95. The molecule has 34 heavy (non-hydrogen) atoms. The number of anilines is 2. The molecule has 2 aromatic carbocycles. The number of carbonyl (C=O) groups is 2. The number of rotatable bonds is 6. The van der Waals surface area contributed by atoms with E-state index in [2.05, 4.69) is 27.7 Å². The number of ether oxygens (including phenoxy) is 2. The van der Waals surface area contributed by atoms with E-state index < -0.39 is 5.97 Å². The zero-order valence-corrected chi connectivity index (χ0v) is 19.6. The maximum atomic E-state index is 13.1. The summed E-state index contributed by atoms with van der Waals surface area (Å²) in [7, 11) is 1.35. The molecule has 8 heteroatoms. The number of fused-ring (bicyclic) bond motifs is 1. The summed E-state index contributed by atoms with van der Waals surface area (Å²) in [4.78, 5) is 27.6. The second-order valence-corrected chi connectivity index (χ2v) is 8.96. The summed E-state index contributed by atoms with van der Waals surface area (Å²) in [5, 5.41) is 10.4. The molecule has 1 saturated heterocycles. The van der Waals surface area contributed by atoms with Crippen LogP contribution in [0, 0.1) is 0 Å².